The second-order valence-corrected chi connectivity index (χ2v) is 2.90. The van der Waals surface area contributed by atoms with Gasteiger partial charge in [0.25, 0.3) is 0 Å². The first-order valence-electron chi connectivity index (χ1n) is 4.48. The first-order valence-corrected chi connectivity index (χ1v) is 4.07. The van der Waals surface area contributed by atoms with E-state index in [1.165, 1.54) is 0 Å². The summed E-state index contributed by atoms with van der Waals surface area (Å²) in [5.74, 6) is 0. The van der Waals surface area contributed by atoms with Crippen LogP contribution in [0.5, 0.6) is 0 Å². The predicted molar refractivity (Wildman–Crippen MR) is 49.7 cm³/mol. The number of nitriles is 1. The SMILES string of the molecule is [3H]OCc1ccc(CC(N)C#N)cc1. The molecular formula is C10H12N2O. The van der Waals surface area contributed by atoms with Gasteiger partial charge >= 0.3 is 0 Å². The van der Waals surface area contributed by atoms with Gasteiger partial charge in [-0.1, -0.05) is 24.3 Å². The molecule has 3 heteroatoms. The van der Waals surface area contributed by atoms with Gasteiger partial charge in [0.15, 0.2) is 0 Å². The summed E-state index contributed by atoms with van der Waals surface area (Å²) in [4.78, 5) is 0. The van der Waals surface area contributed by atoms with Crippen LogP contribution in [0.15, 0.2) is 24.3 Å². The van der Waals surface area contributed by atoms with Crippen molar-refractivity contribution in [3.8, 4) is 6.07 Å². The minimum Gasteiger partial charge on any atom is -0.392 e. The summed E-state index contributed by atoms with van der Waals surface area (Å²) in [7, 11) is 0. The Hall–Kier alpha value is -1.37. The summed E-state index contributed by atoms with van der Waals surface area (Å²) in [6, 6.07) is 9.05. The van der Waals surface area contributed by atoms with Crippen LogP contribution in [0.1, 0.15) is 11.1 Å². The van der Waals surface area contributed by atoms with E-state index in [1.54, 1.807) is 0 Å². The molecule has 1 atom stereocenters. The summed E-state index contributed by atoms with van der Waals surface area (Å²) in [5, 5.41) is 12.8. The fourth-order valence-corrected chi connectivity index (χ4v) is 1.07. The van der Waals surface area contributed by atoms with Crippen molar-refractivity contribution >= 4 is 0 Å². The highest BCUT2D eigenvalue weighted by Crippen LogP contribution is 2.05. The van der Waals surface area contributed by atoms with Crippen molar-refractivity contribution in [2.45, 2.75) is 19.1 Å². The van der Waals surface area contributed by atoms with Crippen LogP contribution in [0.4, 0.5) is 0 Å². The van der Waals surface area contributed by atoms with Crippen LogP contribution in [-0.2, 0) is 13.0 Å². The van der Waals surface area contributed by atoms with Crippen molar-refractivity contribution in [1.82, 2.24) is 0 Å². The second-order valence-electron chi connectivity index (χ2n) is 2.90. The molecule has 13 heavy (non-hydrogen) atoms. The van der Waals surface area contributed by atoms with Crippen LogP contribution < -0.4 is 5.73 Å². The van der Waals surface area contributed by atoms with Gasteiger partial charge in [-0.2, -0.15) is 5.26 Å². The van der Waals surface area contributed by atoms with Crippen LogP contribution in [-0.4, -0.2) is 12.6 Å². The Kier molecular flexibility index (Phi) is 2.92. The third kappa shape index (κ3) is 2.86. The van der Waals surface area contributed by atoms with Crippen molar-refractivity contribution in [2.24, 2.45) is 5.73 Å². The fourth-order valence-electron chi connectivity index (χ4n) is 1.07. The monoisotopic (exact) mass is 178 g/mol. The fraction of sp³-hybridized carbons (Fsp3) is 0.300. The standard InChI is InChI=1S/C10H12N2O/c11-6-10(12)5-8-1-3-9(7-13)4-2-8/h1-4,10,13H,5,7,12H2/i13T. The maximum absolute atomic E-state index is 8.52. The molecule has 0 heterocycles. The summed E-state index contributed by atoms with van der Waals surface area (Å²) in [5.41, 5.74) is 7.45. The smallest absolute Gasteiger partial charge is 0.211 e. The average molecular weight is 178 g/mol. The number of aliphatic hydroxyl groups excluding tert-OH is 1. The number of benzene rings is 1. The molecule has 0 aliphatic heterocycles. The van der Waals surface area contributed by atoms with Crippen LogP contribution in [0.25, 0.3) is 0 Å². The molecule has 0 saturated heterocycles. The van der Waals surface area contributed by atoms with Gasteiger partial charge in [0.1, 0.15) is 0 Å². The number of aliphatic hydroxyl groups is 1. The molecule has 0 bridgehead atoms. The van der Waals surface area contributed by atoms with E-state index in [1.807, 2.05) is 30.3 Å². The van der Waals surface area contributed by atoms with E-state index in [-0.39, 0.29) is 6.61 Å². The minimum absolute atomic E-state index is 0.282. The van der Waals surface area contributed by atoms with Crippen molar-refractivity contribution in [3.63, 3.8) is 0 Å². The van der Waals surface area contributed by atoms with E-state index >= 15 is 0 Å². The molecule has 0 aliphatic rings. The highest BCUT2D eigenvalue weighted by atomic mass is 16.3. The van der Waals surface area contributed by atoms with E-state index < -0.39 is 6.04 Å². The molecule has 0 fully saturated rings. The Morgan fingerprint density at radius 2 is 2.08 bits per heavy atom. The molecular weight excluding hydrogens is 164 g/mol. The lowest BCUT2D eigenvalue weighted by atomic mass is 10.1. The first-order chi connectivity index (χ1) is 6.76. The third-order valence-electron chi connectivity index (χ3n) is 1.81. The first kappa shape index (κ1) is 8.24. The summed E-state index contributed by atoms with van der Waals surface area (Å²) >= 11 is 0. The van der Waals surface area contributed by atoms with Crippen molar-refractivity contribution in [1.29, 1.82) is 6.69 Å². The van der Waals surface area contributed by atoms with Crippen molar-refractivity contribution < 1.29 is 5.11 Å². The lowest BCUT2D eigenvalue weighted by Crippen LogP contribution is -2.19. The van der Waals surface area contributed by atoms with Crippen molar-refractivity contribution in [2.75, 3.05) is 0 Å². The Balaban J connectivity index is 2.60. The molecule has 1 aromatic rings. The Bertz CT molecular complexity index is 318. The van der Waals surface area contributed by atoms with E-state index in [0.29, 0.717) is 6.42 Å². The van der Waals surface area contributed by atoms with Gasteiger partial charge in [-0.05, 0) is 11.1 Å². The lowest BCUT2D eigenvalue weighted by Gasteiger charge is -2.03. The predicted octanol–water partition coefficient (Wildman–Crippen LogP) is 0.572. The van der Waals surface area contributed by atoms with Gasteiger partial charge in [-0.3, -0.25) is 0 Å². The van der Waals surface area contributed by atoms with Gasteiger partial charge in [0, 0.05) is 6.42 Å². The quantitative estimate of drug-likeness (QED) is 0.708. The van der Waals surface area contributed by atoms with Gasteiger partial charge in [-0.25, -0.2) is 0 Å². The Morgan fingerprint density at radius 1 is 1.46 bits per heavy atom. The van der Waals surface area contributed by atoms with Crippen LogP contribution >= 0.6 is 0 Å². The molecule has 1 aromatic carbocycles. The van der Waals surface area contributed by atoms with Gasteiger partial charge in [0.2, 0.25) is 1.43 Å². The summed E-state index contributed by atoms with van der Waals surface area (Å²) in [6.07, 6.45) is 0.554. The van der Waals surface area contributed by atoms with Crippen LogP contribution in [0.3, 0.4) is 0 Å². The lowest BCUT2D eigenvalue weighted by molar-refractivity contribution is 0.282. The van der Waals surface area contributed by atoms with Gasteiger partial charge < -0.3 is 10.8 Å². The number of nitrogens with zero attached hydrogens (tertiary/aromatic N) is 1. The highest BCUT2D eigenvalue weighted by Gasteiger charge is 2.01. The Labute approximate surface area is 78.9 Å². The zero-order valence-electron chi connectivity index (χ0n) is 8.23. The molecule has 0 spiro atoms. The number of rotatable bonds is 4. The average Bonchev–Trinajstić information content (AvgIpc) is 2.21. The van der Waals surface area contributed by atoms with Gasteiger partial charge in [0.05, 0.1) is 18.7 Å². The van der Waals surface area contributed by atoms with Crippen LogP contribution in [0, 0.1) is 11.3 Å². The van der Waals surface area contributed by atoms with E-state index in [0.717, 1.165) is 11.1 Å². The highest BCUT2D eigenvalue weighted by molar-refractivity contribution is 5.23. The normalized spacial score (nSPS) is 13.1. The zero-order valence-corrected chi connectivity index (χ0v) is 7.23. The third-order valence-corrected chi connectivity index (χ3v) is 1.81. The second kappa shape index (κ2) is 4.61. The van der Waals surface area contributed by atoms with Gasteiger partial charge in [-0.15, -0.1) is 0 Å². The molecule has 1 rings (SSSR count). The number of hydrogen-bond acceptors (Lipinski definition) is 3. The summed E-state index contributed by atoms with van der Waals surface area (Å²) in [6.45, 7) is 0.282. The molecule has 0 radical (unpaired) electrons. The van der Waals surface area contributed by atoms with Crippen molar-refractivity contribution in [3.05, 3.63) is 35.4 Å². The molecule has 3 nitrogen and oxygen atoms in total. The Morgan fingerprint density at radius 3 is 2.62 bits per heavy atom. The molecule has 68 valence electrons. The molecule has 0 saturated carbocycles. The molecule has 0 aromatic heterocycles. The van der Waals surface area contributed by atoms with Crippen LogP contribution in [0.2, 0.25) is 0 Å². The largest absolute Gasteiger partial charge is 0.392 e. The molecule has 3 N–H and O–H groups in total. The maximum atomic E-state index is 8.52. The molecule has 0 amide bonds. The van der Waals surface area contributed by atoms with E-state index in [9.17, 15) is 0 Å². The van der Waals surface area contributed by atoms with E-state index in [4.69, 9.17) is 12.4 Å². The zero-order chi connectivity index (χ0) is 10.4. The van der Waals surface area contributed by atoms with E-state index in [2.05, 4.69) is 5.11 Å². The molecule has 0 aliphatic carbocycles. The number of hydrogen-bond donors (Lipinski definition) is 2. The summed E-state index contributed by atoms with van der Waals surface area (Å²) < 4.78 is 6.57. The minimum atomic E-state index is -0.451. The number of nitrogens with two attached hydrogens (primary N) is 1. The maximum Gasteiger partial charge on any atom is 0.211 e. The topological polar surface area (TPSA) is 70.0 Å². The molecule has 1 unspecified atom stereocenters.